The second-order valence-corrected chi connectivity index (χ2v) is 7.29. The van der Waals surface area contributed by atoms with E-state index in [4.69, 9.17) is 9.84 Å². The van der Waals surface area contributed by atoms with Crippen molar-refractivity contribution < 1.29 is 14.6 Å². The number of carboxylic acid groups (broad SMARTS) is 1. The Kier molecular flexibility index (Phi) is 3.94. The molecular weight excluding hydrogens is 242 g/mol. The molecule has 4 nitrogen and oxygen atoms in total. The first-order valence-electron chi connectivity index (χ1n) is 7.36. The van der Waals surface area contributed by atoms with Gasteiger partial charge in [0.1, 0.15) is 0 Å². The smallest absolute Gasteiger partial charge is 0.303 e. The van der Waals surface area contributed by atoms with Crippen molar-refractivity contribution in [1.82, 2.24) is 4.90 Å². The Hall–Kier alpha value is -0.610. The van der Waals surface area contributed by atoms with Gasteiger partial charge in [-0.05, 0) is 59.4 Å². The molecule has 4 heteroatoms. The van der Waals surface area contributed by atoms with Gasteiger partial charge in [-0.2, -0.15) is 0 Å². The fraction of sp³-hybridized carbons (Fsp3) is 0.933. The normalized spacial score (nSPS) is 34.3. The van der Waals surface area contributed by atoms with Gasteiger partial charge in [0.15, 0.2) is 0 Å². The van der Waals surface area contributed by atoms with E-state index in [1.54, 1.807) is 0 Å². The van der Waals surface area contributed by atoms with Crippen molar-refractivity contribution in [3.63, 3.8) is 0 Å². The molecule has 110 valence electrons. The van der Waals surface area contributed by atoms with Crippen LogP contribution in [0.4, 0.5) is 0 Å². The van der Waals surface area contributed by atoms with E-state index in [-0.39, 0.29) is 11.2 Å². The van der Waals surface area contributed by atoms with Crippen LogP contribution in [-0.4, -0.2) is 46.3 Å². The number of nitrogens with zero attached hydrogens (tertiary/aromatic N) is 1. The van der Waals surface area contributed by atoms with Crippen molar-refractivity contribution >= 4 is 5.97 Å². The highest BCUT2D eigenvalue weighted by Gasteiger charge is 2.48. The lowest BCUT2D eigenvalue weighted by Gasteiger charge is -2.41. The quantitative estimate of drug-likeness (QED) is 0.855. The van der Waals surface area contributed by atoms with Crippen LogP contribution in [0, 0.1) is 5.92 Å². The van der Waals surface area contributed by atoms with E-state index in [1.165, 1.54) is 0 Å². The van der Waals surface area contributed by atoms with Gasteiger partial charge in [0, 0.05) is 19.0 Å². The molecule has 2 aliphatic heterocycles. The first-order chi connectivity index (χ1) is 8.70. The second kappa shape index (κ2) is 5.06. The minimum absolute atomic E-state index is 0.0755. The van der Waals surface area contributed by atoms with Gasteiger partial charge >= 0.3 is 5.97 Å². The summed E-state index contributed by atoms with van der Waals surface area (Å²) in [6.45, 7) is 10.6. The van der Waals surface area contributed by atoms with Crippen LogP contribution in [0.3, 0.4) is 0 Å². The predicted molar refractivity (Wildman–Crippen MR) is 74.2 cm³/mol. The van der Waals surface area contributed by atoms with Crippen LogP contribution < -0.4 is 0 Å². The molecule has 0 aromatic heterocycles. The Labute approximate surface area is 116 Å². The largest absolute Gasteiger partial charge is 0.481 e. The average Bonchev–Trinajstić information content (AvgIpc) is 2.46. The zero-order valence-electron chi connectivity index (χ0n) is 12.6. The highest BCUT2D eigenvalue weighted by atomic mass is 16.5. The molecule has 0 saturated carbocycles. The van der Waals surface area contributed by atoms with Crippen LogP contribution in [0.1, 0.15) is 53.4 Å². The van der Waals surface area contributed by atoms with E-state index < -0.39 is 5.97 Å². The minimum Gasteiger partial charge on any atom is -0.481 e. The molecule has 1 N–H and O–H groups in total. The van der Waals surface area contributed by atoms with Gasteiger partial charge in [-0.25, -0.2) is 0 Å². The minimum atomic E-state index is -0.672. The summed E-state index contributed by atoms with van der Waals surface area (Å²) < 4.78 is 6.16. The maximum Gasteiger partial charge on any atom is 0.303 e. The van der Waals surface area contributed by atoms with E-state index in [1.807, 2.05) is 0 Å². The molecule has 2 rings (SSSR count). The first kappa shape index (κ1) is 14.8. The summed E-state index contributed by atoms with van der Waals surface area (Å²) in [5.74, 6) is -0.375. The van der Waals surface area contributed by atoms with E-state index in [9.17, 15) is 4.79 Å². The first-order valence-corrected chi connectivity index (χ1v) is 7.36. The van der Waals surface area contributed by atoms with E-state index in [0.29, 0.717) is 18.4 Å². The Balaban J connectivity index is 2.03. The number of hydrogen-bond donors (Lipinski definition) is 1. The van der Waals surface area contributed by atoms with Crippen molar-refractivity contribution in [1.29, 1.82) is 0 Å². The molecule has 2 atom stereocenters. The van der Waals surface area contributed by atoms with Crippen molar-refractivity contribution in [3.05, 3.63) is 0 Å². The Morgan fingerprint density at radius 3 is 2.58 bits per heavy atom. The number of piperidine rings is 1. The summed E-state index contributed by atoms with van der Waals surface area (Å²) >= 11 is 0. The standard InChI is InChI=1S/C15H27NO3/c1-14(2)9-12(15(3,4)19-14)16-7-5-6-11(10-16)8-13(17)18/h11-12H,5-10H2,1-4H3,(H,17,18). The van der Waals surface area contributed by atoms with Crippen molar-refractivity contribution in [2.45, 2.75) is 70.6 Å². The zero-order valence-corrected chi connectivity index (χ0v) is 12.6. The van der Waals surface area contributed by atoms with Crippen LogP contribution in [0.5, 0.6) is 0 Å². The van der Waals surface area contributed by atoms with E-state index in [2.05, 4.69) is 32.6 Å². The molecule has 0 aromatic carbocycles. The monoisotopic (exact) mass is 269 g/mol. The third-order valence-corrected chi connectivity index (χ3v) is 4.48. The van der Waals surface area contributed by atoms with Gasteiger partial charge in [-0.1, -0.05) is 0 Å². The summed E-state index contributed by atoms with van der Waals surface area (Å²) in [6, 6.07) is 0.402. The van der Waals surface area contributed by atoms with Crippen molar-refractivity contribution in [2.24, 2.45) is 5.92 Å². The lowest BCUT2D eigenvalue weighted by molar-refractivity contribution is -0.138. The molecular formula is C15H27NO3. The third-order valence-electron chi connectivity index (χ3n) is 4.48. The van der Waals surface area contributed by atoms with Crippen molar-refractivity contribution in [3.8, 4) is 0 Å². The highest BCUT2D eigenvalue weighted by molar-refractivity contribution is 5.67. The number of rotatable bonds is 3. The van der Waals surface area contributed by atoms with E-state index >= 15 is 0 Å². The molecule has 0 radical (unpaired) electrons. The Morgan fingerprint density at radius 1 is 1.37 bits per heavy atom. The van der Waals surface area contributed by atoms with Crippen LogP contribution in [0.2, 0.25) is 0 Å². The van der Waals surface area contributed by atoms with Crippen LogP contribution in [0.25, 0.3) is 0 Å². The molecule has 2 saturated heterocycles. The molecule has 2 aliphatic rings. The summed E-state index contributed by atoms with van der Waals surface area (Å²) in [7, 11) is 0. The van der Waals surface area contributed by atoms with Gasteiger partial charge in [-0.15, -0.1) is 0 Å². The van der Waals surface area contributed by atoms with Crippen molar-refractivity contribution in [2.75, 3.05) is 13.1 Å². The van der Waals surface area contributed by atoms with Gasteiger partial charge in [0.25, 0.3) is 0 Å². The zero-order chi connectivity index (χ0) is 14.3. The molecule has 0 aromatic rings. The fourth-order valence-electron chi connectivity index (χ4n) is 3.90. The summed E-state index contributed by atoms with van der Waals surface area (Å²) in [5, 5.41) is 8.96. The van der Waals surface area contributed by atoms with Gasteiger partial charge in [-0.3, -0.25) is 9.69 Å². The molecule has 2 fully saturated rings. The lowest BCUT2D eigenvalue weighted by Crippen LogP contribution is -2.50. The van der Waals surface area contributed by atoms with Gasteiger partial charge in [0.2, 0.25) is 0 Å². The number of carbonyl (C=O) groups is 1. The van der Waals surface area contributed by atoms with E-state index in [0.717, 1.165) is 32.4 Å². The molecule has 2 unspecified atom stereocenters. The van der Waals surface area contributed by atoms with Gasteiger partial charge < -0.3 is 9.84 Å². The molecule has 2 heterocycles. The maximum atomic E-state index is 10.9. The summed E-state index contributed by atoms with van der Waals surface area (Å²) in [4.78, 5) is 13.3. The number of aliphatic carboxylic acids is 1. The second-order valence-electron chi connectivity index (χ2n) is 7.29. The van der Waals surface area contributed by atoms with Crippen LogP contribution >= 0.6 is 0 Å². The fourth-order valence-corrected chi connectivity index (χ4v) is 3.90. The molecule has 0 amide bonds. The Morgan fingerprint density at radius 2 is 2.05 bits per heavy atom. The predicted octanol–water partition coefficient (Wildman–Crippen LogP) is 2.52. The molecule has 19 heavy (non-hydrogen) atoms. The average molecular weight is 269 g/mol. The SMILES string of the molecule is CC1(C)CC(N2CCCC(CC(=O)O)C2)C(C)(C)O1. The topological polar surface area (TPSA) is 49.8 Å². The number of hydrogen-bond acceptors (Lipinski definition) is 3. The van der Waals surface area contributed by atoms with Crippen LogP contribution in [0.15, 0.2) is 0 Å². The molecule has 0 spiro atoms. The summed E-state index contributed by atoms with van der Waals surface area (Å²) in [6.07, 6.45) is 3.47. The lowest BCUT2D eigenvalue weighted by atomic mass is 9.88. The highest BCUT2D eigenvalue weighted by Crippen LogP contribution is 2.41. The number of likely N-dealkylation sites (tertiary alicyclic amines) is 1. The number of ether oxygens (including phenoxy) is 1. The molecule has 0 aliphatic carbocycles. The maximum absolute atomic E-state index is 10.9. The van der Waals surface area contributed by atoms with Crippen LogP contribution in [-0.2, 0) is 9.53 Å². The molecule has 0 bridgehead atoms. The number of carboxylic acids is 1. The summed E-state index contributed by atoms with van der Waals surface area (Å²) in [5.41, 5.74) is -0.220. The Bertz CT molecular complexity index is 351. The third kappa shape index (κ3) is 3.48. The van der Waals surface area contributed by atoms with Gasteiger partial charge in [0.05, 0.1) is 11.2 Å².